The fraction of sp³-hybridized carbons (Fsp3) is 0.310. The zero-order chi connectivity index (χ0) is 25.6. The molecule has 8 heteroatoms. The number of amides is 2. The molecule has 1 heterocycles. The van der Waals surface area contributed by atoms with Crippen molar-refractivity contribution >= 4 is 29.1 Å². The second-order valence-electron chi connectivity index (χ2n) is 9.56. The molecule has 2 fully saturated rings. The molecule has 2 aliphatic rings. The Bertz CT molecular complexity index is 1220. The van der Waals surface area contributed by atoms with Crippen LogP contribution in [0.4, 0.5) is 21.9 Å². The van der Waals surface area contributed by atoms with E-state index in [0.717, 1.165) is 38.0 Å². The average Bonchev–Trinajstić information content (AvgIpc) is 3.69. The number of anilines is 3. The van der Waals surface area contributed by atoms with Crippen LogP contribution in [-0.2, 0) is 16.1 Å². The molecular weight excluding hydrogens is 468 g/mol. The molecular formula is C29H32N4O4. The molecule has 5 rings (SSSR count). The van der Waals surface area contributed by atoms with Crippen molar-refractivity contribution in [3.63, 3.8) is 0 Å². The van der Waals surface area contributed by atoms with Gasteiger partial charge in [-0.05, 0) is 66.8 Å². The third-order valence-electron chi connectivity index (χ3n) is 6.84. The standard InChI is InChI=1S/C29H32N4O4/c30-25-3-1-2-4-26(25)33-28(34)21-9-11-22(12-10-21)32-29(35)37-18-19-5-7-20(8-6-19)24-17-27(24)31-23-13-15-36-16-14-23/h1-12,23-24,27,31H,13-18,30H2,(H,32,35)(H,33,34). The lowest BCUT2D eigenvalue weighted by Gasteiger charge is -2.23. The molecule has 2 unspecified atom stereocenters. The van der Waals surface area contributed by atoms with E-state index < -0.39 is 6.09 Å². The van der Waals surface area contributed by atoms with E-state index in [0.29, 0.717) is 40.6 Å². The van der Waals surface area contributed by atoms with Crippen LogP contribution in [0.2, 0.25) is 0 Å². The first-order chi connectivity index (χ1) is 18.0. The molecule has 5 N–H and O–H groups in total. The monoisotopic (exact) mass is 500 g/mol. The number of nitrogens with one attached hydrogen (secondary N) is 3. The lowest BCUT2D eigenvalue weighted by Crippen LogP contribution is -2.36. The minimum atomic E-state index is -0.554. The summed E-state index contributed by atoms with van der Waals surface area (Å²) in [5, 5.41) is 9.22. The second-order valence-corrected chi connectivity index (χ2v) is 9.56. The molecule has 8 nitrogen and oxygen atoms in total. The van der Waals surface area contributed by atoms with Gasteiger partial charge in [-0.3, -0.25) is 10.1 Å². The Hall–Kier alpha value is -3.88. The SMILES string of the molecule is Nc1ccccc1NC(=O)c1ccc(NC(=O)OCc2ccc(C3CC3NC3CCOCC3)cc2)cc1. The molecule has 1 aliphatic heterocycles. The molecule has 2 atom stereocenters. The third-order valence-corrected chi connectivity index (χ3v) is 6.84. The summed E-state index contributed by atoms with van der Waals surface area (Å²) in [5.41, 5.74) is 10.1. The van der Waals surface area contributed by atoms with Crippen LogP contribution < -0.4 is 21.7 Å². The molecule has 0 bridgehead atoms. The van der Waals surface area contributed by atoms with Crippen molar-refractivity contribution in [3.05, 3.63) is 89.5 Å². The van der Waals surface area contributed by atoms with Crippen LogP contribution in [0, 0.1) is 0 Å². The highest BCUT2D eigenvalue weighted by Gasteiger charge is 2.39. The Morgan fingerprint density at radius 2 is 1.65 bits per heavy atom. The van der Waals surface area contributed by atoms with Crippen LogP contribution in [-0.4, -0.2) is 37.3 Å². The van der Waals surface area contributed by atoms with Gasteiger partial charge in [-0.25, -0.2) is 4.79 Å². The van der Waals surface area contributed by atoms with Gasteiger partial charge in [0.2, 0.25) is 0 Å². The Morgan fingerprint density at radius 3 is 2.38 bits per heavy atom. The maximum atomic E-state index is 12.4. The Balaban J connectivity index is 1.05. The highest BCUT2D eigenvalue weighted by atomic mass is 16.5. The molecule has 0 radical (unpaired) electrons. The summed E-state index contributed by atoms with van der Waals surface area (Å²) in [6.45, 7) is 1.88. The van der Waals surface area contributed by atoms with Gasteiger partial charge in [0.1, 0.15) is 6.61 Å². The predicted octanol–water partition coefficient (Wildman–Crippen LogP) is 4.89. The summed E-state index contributed by atoms with van der Waals surface area (Å²) in [5.74, 6) is 0.267. The van der Waals surface area contributed by atoms with Gasteiger partial charge in [-0.15, -0.1) is 0 Å². The van der Waals surface area contributed by atoms with Crippen molar-refractivity contribution in [3.8, 4) is 0 Å². The normalized spacial score (nSPS) is 19.1. The van der Waals surface area contributed by atoms with Crippen molar-refractivity contribution in [1.29, 1.82) is 0 Å². The second kappa shape index (κ2) is 11.5. The topological polar surface area (TPSA) is 115 Å². The minimum Gasteiger partial charge on any atom is -0.444 e. The number of rotatable bonds is 8. The fourth-order valence-corrected chi connectivity index (χ4v) is 4.59. The summed E-state index contributed by atoms with van der Waals surface area (Å²) in [6.07, 6.45) is 2.78. The average molecular weight is 501 g/mol. The van der Waals surface area contributed by atoms with E-state index in [1.165, 1.54) is 5.56 Å². The van der Waals surface area contributed by atoms with Gasteiger partial charge in [-0.1, -0.05) is 36.4 Å². The molecule has 37 heavy (non-hydrogen) atoms. The van der Waals surface area contributed by atoms with Gasteiger partial charge < -0.3 is 25.8 Å². The molecule has 0 spiro atoms. The van der Waals surface area contributed by atoms with Crippen molar-refractivity contribution in [1.82, 2.24) is 5.32 Å². The maximum absolute atomic E-state index is 12.4. The molecule has 1 saturated heterocycles. The molecule has 0 aromatic heterocycles. The number of benzene rings is 3. The fourth-order valence-electron chi connectivity index (χ4n) is 4.59. The number of para-hydroxylation sites is 2. The molecule has 3 aromatic rings. The summed E-state index contributed by atoms with van der Waals surface area (Å²) in [7, 11) is 0. The highest BCUT2D eigenvalue weighted by Crippen LogP contribution is 2.41. The van der Waals surface area contributed by atoms with Crippen LogP contribution in [0.1, 0.15) is 46.7 Å². The smallest absolute Gasteiger partial charge is 0.411 e. The first kappa shape index (κ1) is 24.8. The summed E-state index contributed by atoms with van der Waals surface area (Å²) >= 11 is 0. The Labute approximate surface area is 216 Å². The van der Waals surface area contributed by atoms with Gasteiger partial charge in [0.05, 0.1) is 11.4 Å². The van der Waals surface area contributed by atoms with Crippen molar-refractivity contribution in [2.24, 2.45) is 0 Å². The van der Waals surface area contributed by atoms with Gasteiger partial charge in [0, 0.05) is 42.5 Å². The van der Waals surface area contributed by atoms with Crippen LogP contribution >= 0.6 is 0 Å². The number of ether oxygens (including phenoxy) is 2. The van der Waals surface area contributed by atoms with E-state index in [-0.39, 0.29) is 12.5 Å². The van der Waals surface area contributed by atoms with Crippen LogP contribution in [0.25, 0.3) is 0 Å². The van der Waals surface area contributed by atoms with Crippen LogP contribution in [0.15, 0.2) is 72.8 Å². The summed E-state index contributed by atoms with van der Waals surface area (Å²) in [4.78, 5) is 24.7. The van der Waals surface area contributed by atoms with E-state index in [2.05, 4.69) is 28.1 Å². The lowest BCUT2D eigenvalue weighted by atomic mass is 10.1. The Kier molecular flexibility index (Phi) is 7.67. The van der Waals surface area contributed by atoms with Crippen molar-refractivity contribution < 1.29 is 19.1 Å². The van der Waals surface area contributed by atoms with Crippen LogP contribution in [0.5, 0.6) is 0 Å². The predicted molar refractivity (Wildman–Crippen MR) is 144 cm³/mol. The molecule has 3 aromatic carbocycles. The van der Waals surface area contributed by atoms with Gasteiger partial charge in [-0.2, -0.15) is 0 Å². The van der Waals surface area contributed by atoms with E-state index >= 15 is 0 Å². The molecule has 2 amide bonds. The van der Waals surface area contributed by atoms with Gasteiger partial charge in [0.25, 0.3) is 5.91 Å². The molecule has 1 aliphatic carbocycles. The number of hydrogen-bond acceptors (Lipinski definition) is 6. The van der Waals surface area contributed by atoms with E-state index in [1.54, 1.807) is 48.5 Å². The van der Waals surface area contributed by atoms with Gasteiger partial charge >= 0.3 is 6.09 Å². The quantitative estimate of drug-likeness (QED) is 0.327. The number of hydrogen-bond donors (Lipinski definition) is 4. The lowest BCUT2D eigenvalue weighted by molar-refractivity contribution is 0.0774. The molecule has 1 saturated carbocycles. The zero-order valence-electron chi connectivity index (χ0n) is 20.6. The first-order valence-corrected chi connectivity index (χ1v) is 12.7. The van der Waals surface area contributed by atoms with Crippen molar-refractivity contribution in [2.75, 3.05) is 29.6 Å². The van der Waals surface area contributed by atoms with Crippen LogP contribution in [0.3, 0.4) is 0 Å². The van der Waals surface area contributed by atoms with E-state index in [9.17, 15) is 9.59 Å². The zero-order valence-corrected chi connectivity index (χ0v) is 20.6. The highest BCUT2D eigenvalue weighted by molar-refractivity contribution is 6.06. The molecule has 192 valence electrons. The Morgan fingerprint density at radius 1 is 0.919 bits per heavy atom. The summed E-state index contributed by atoms with van der Waals surface area (Å²) < 4.78 is 10.8. The maximum Gasteiger partial charge on any atom is 0.411 e. The van der Waals surface area contributed by atoms with Crippen molar-refractivity contribution in [2.45, 2.75) is 43.9 Å². The number of nitrogen functional groups attached to an aromatic ring is 1. The largest absolute Gasteiger partial charge is 0.444 e. The van der Waals surface area contributed by atoms with Gasteiger partial charge in [0.15, 0.2) is 0 Å². The van der Waals surface area contributed by atoms with E-state index in [4.69, 9.17) is 15.2 Å². The van der Waals surface area contributed by atoms with E-state index in [1.807, 2.05) is 12.1 Å². The minimum absolute atomic E-state index is 0.180. The third kappa shape index (κ3) is 6.67. The summed E-state index contributed by atoms with van der Waals surface area (Å²) in [6, 6.07) is 23.0. The number of nitrogens with two attached hydrogens (primary N) is 1. The number of carbonyl (C=O) groups is 2. The first-order valence-electron chi connectivity index (χ1n) is 12.7. The number of carbonyl (C=O) groups excluding carboxylic acids is 2.